The van der Waals surface area contributed by atoms with Gasteiger partial charge in [-0.1, -0.05) is 12.1 Å². The zero-order valence-corrected chi connectivity index (χ0v) is 11.0. The molecule has 2 heterocycles. The molecule has 0 aliphatic rings. The second kappa shape index (κ2) is 5.95. The number of nitrogens with one attached hydrogen (secondary N) is 2. The summed E-state index contributed by atoms with van der Waals surface area (Å²) in [6.45, 7) is 2.37. The van der Waals surface area contributed by atoms with Gasteiger partial charge >= 0.3 is 0 Å². The average molecular weight is 256 g/mol. The van der Waals surface area contributed by atoms with Gasteiger partial charge in [0.05, 0.1) is 12.2 Å². The van der Waals surface area contributed by atoms with Crippen LogP contribution >= 0.6 is 0 Å². The summed E-state index contributed by atoms with van der Waals surface area (Å²) in [5.74, 6) is 0.462. The Balaban J connectivity index is 2.03. The number of aromatic nitrogens is 2. The molecule has 2 aromatic rings. The zero-order chi connectivity index (χ0) is 13.7. The van der Waals surface area contributed by atoms with Crippen LogP contribution in [0.25, 0.3) is 0 Å². The third kappa shape index (κ3) is 3.28. The third-order valence-electron chi connectivity index (χ3n) is 2.77. The summed E-state index contributed by atoms with van der Waals surface area (Å²) in [4.78, 5) is 20.4. The van der Waals surface area contributed by atoms with Crippen molar-refractivity contribution >= 4 is 11.7 Å². The van der Waals surface area contributed by atoms with Crippen LogP contribution in [0.4, 0.5) is 5.82 Å². The average Bonchev–Trinajstić information content (AvgIpc) is 2.46. The van der Waals surface area contributed by atoms with Crippen LogP contribution in [0, 0.1) is 6.92 Å². The van der Waals surface area contributed by atoms with E-state index in [1.165, 1.54) is 0 Å². The summed E-state index contributed by atoms with van der Waals surface area (Å²) in [7, 11) is 1.77. The number of nitrogens with zero attached hydrogens (tertiary/aromatic N) is 2. The molecule has 0 saturated heterocycles. The first kappa shape index (κ1) is 13.0. The second-order valence-corrected chi connectivity index (χ2v) is 4.11. The smallest absolute Gasteiger partial charge is 0.270 e. The first-order valence-electron chi connectivity index (χ1n) is 6.04. The number of carbonyl (C=O) groups excluding carboxylic acids is 1. The molecule has 98 valence electrons. The molecule has 2 N–H and O–H groups in total. The molecule has 0 aromatic carbocycles. The summed E-state index contributed by atoms with van der Waals surface area (Å²) < 4.78 is 0. The van der Waals surface area contributed by atoms with Gasteiger partial charge in [0.1, 0.15) is 11.5 Å². The molecule has 0 fully saturated rings. The van der Waals surface area contributed by atoms with Gasteiger partial charge in [0.25, 0.3) is 5.91 Å². The van der Waals surface area contributed by atoms with Gasteiger partial charge in [-0.2, -0.15) is 0 Å². The predicted molar refractivity (Wildman–Crippen MR) is 73.9 cm³/mol. The van der Waals surface area contributed by atoms with Gasteiger partial charge in [-0.05, 0) is 30.7 Å². The molecule has 2 aromatic heterocycles. The Bertz CT molecular complexity index is 583. The minimum Gasteiger partial charge on any atom is -0.373 e. The highest BCUT2D eigenvalue weighted by Crippen LogP contribution is 2.05. The van der Waals surface area contributed by atoms with Crippen molar-refractivity contribution in [3.63, 3.8) is 0 Å². The van der Waals surface area contributed by atoms with Gasteiger partial charge in [-0.3, -0.25) is 9.78 Å². The Morgan fingerprint density at radius 2 is 2.11 bits per heavy atom. The fourth-order valence-electron chi connectivity index (χ4n) is 1.66. The minimum absolute atomic E-state index is 0.206. The van der Waals surface area contributed by atoms with Gasteiger partial charge in [-0.25, -0.2) is 4.98 Å². The fraction of sp³-hybridized carbons (Fsp3) is 0.214. The summed E-state index contributed by atoms with van der Waals surface area (Å²) in [5, 5.41) is 5.72. The molecular weight excluding hydrogens is 240 g/mol. The van der Waals surface area contributed by atoms with Gasteiger partial charge in [0.15, 0.2) is 0 Å². The van der Waals surface area contributed by atoms with E-state index in [2.05, 4.69) is 20.6 Å². The van der Waals surface area contributed by atoms with E-state index in [1.807, 2.05) is 19.1 Å². The van der Waals surface area contributed by atoms with Crippen molar-refractivity contribution in [1.82, 2.24) is 15.3 Å². The number of aryl methyl sites for hydroxylation is 1. The SMILES string of the molecule is CNc1cccc(C(=O)NCc2ncccc2C)n1. The van der Waals surface area contributed by atoms with E-state index in [9.17, 15) is 4.79 Å². The quantitative estimate of drug-likeness (QED) is 0.874. The molecule has 5 nitrogen and oxygen atoms in total. The lowest BCUT2D eigenvalue weighted by Crippen LogP contribution is -2.24. The van der Waals surface area contributed by atoms with Crippen molar-refractivity contribution in [2.75, 3.05) is 12.4 Å². The Morgan fingerprint density at radius 3 is 2.84 bits per heavy atom. The first-order valence-corrected chi connectivity index (χ1v) is 6.04. The molecule has 1 amide bonds. The molecular formula is C14H16N4O. The molecule has 0 radical (unpaired) electrons. The van der Waals surface area contributed by atoms with Crippen LogP contribution in [0.1, 0.15) is 21.7 Å². The fourth-order valence-corrected chi connectivity index (χ4v) is 1.66. The standard InChI is InChI=1S/C14H16N4O/c1-10-5-4-8-16-12(10)9-17-14(19)11-6-3-7-13(15-2)18-11/h3-8H,9H2,1-2H3,(H,15,18)(H,17,19). The van der Waals surface area contributed by atoms with Crippen LogP contribution in [0.3, 0.4) is 0 Å². The number of carbonyl (C=O) groups is 1. The summed E-state index contributed by atoms with van der Waals surface area (Å²) in [5.41, 5.74) is 2.31. The lowest BCUT2D eigenvalue weighted by Gasteiger charge is -2.07. The van der Waals surface area contributed by atoms with Crippen molar-refractivity contribution in [1.29, 1.82) is 0 Å². The second-order valence-electron chi connectivity index (χ2n) is 4.11. The highest BCUT2D eigenvalue weighted by Gasteiger charge is 2.08. The van der Waals surface area contributed by atoms with E-state index < -0.39 is 0 Å². The molecule has 0 aliphatic heterocycles. The zero-order valence-electron chi connectivity index (χ0n) is 11.0. The van der Waals surface area contributed by atoms with Crippen molar-refractivity contribution in [3.05, 3.63) is 53.5 Å². The monoisotopic (exact) mass is 256 g/mol. The molecule has 0 saturated carbocycles. The Hall–Kier alpha value is -2.43. The molecule has 0 bridgehead atoms. The van der Waals surface area contributed by atoms with Crippen LogP contribution in [0.5, 0.6) is 0 Å². The molecule has 19 heavy (non-hydrogen) atoms. The Labute approximate surface area is 112 Å². The number of hydrogen-bond acceptors (Lipinski definition) is 4. The maximum atomic E-state index is 12.0. The molecule has 0 atom stereocenters. The van der Waals surface area contributed by atoms with Gasteiger partial charge in [0, 0.05) is 13.2 Å². The van der Waals surface area contributed by atoms with Gasteiger partial charge in [-0.15, -0.1) is 0 Å². The summed E-state index contributed by atoms with van der Waals surface area (Å²) in [6.07, 6.45) is 1.72. The summed E-state index contributed by atoms with van der Waals surface area (Å²) in [6, 6.07) is 9.12. The number of pyridine rings is 2. The molecule has 0 spiro atoms. The Kier molecular flexibility index (Phi) is 4.07. The normalized spacial score (nSPS) is 10.0. The number of rotatable bonds is 4. The molecule has 0 aliphatic carbocycles. The van der Waals surface area contributed by atoms with Crippen LogP contribution in [0.15, 0.2) is 36.5 Å². The van der Waals surface area contributed by atoms with E-state index in [0.29, 0.717) is 18.1 Å². The minimum atomic E-state index is -0.206. The largest absolute Gasteiger partial charge is 0.373 e. The first-order chi connectivity index (χ1) is 9.20. The number of amides is 1. The summed E-state index contributed by atoms with van der Waals surface area (Å²) >= 11 is 0. The van der Waals surface area contributed by atoms with Crippen LogP contribution in [0.2, 0.25) is 0 Å². The van der Waals surface area contributed by atoms with Crippen molar-refractivity contribution in [3.8, 4) is 0 Å². The van der Waals surface area contributed by atoms with Crippen molar-refractivity contribution in [2.24, 2.45) is 0 Å². The maximum absolute atomic E-state index is 12.0. The predicted octanol–water partition coefficient (Wildman–Crippen LogP) is 1.76. The van der Waals surface area contributed by atoms with E-state index >= 15 is 0 Å². The molecule has 2 rings (SSSR count). The highest BCUT2D eigenvalue weighted by atomic mass is 16.1. The van der Waals surface area contributed by atoms with Gasteiger partial charge in [0.2, 0.25) is 0 Å². The van der Waals surface area contributed by atoms with Crippen molar-refractivity contribution in [2.45, 2.75) is 13.5 Å². The van der Waals surface area contributed by atoms with Gasteiger partial charge < -0.3 is 10.6 Å². The molecule has 5 heteroatoms. The highest BCUT2D eigenvalue weighted by molar-refractivity contribution is 5.92. The van der Waals surface area contributed by atoms with Crippen LogP contribution in [-0.2, 0) is 6.54 Å². The van der Waals surface area contributed by atoms with E-state index in [-0.39, 0.29) is 5.91 Å². The number of hydrogen-bond donors (Lipinski definition) is 2. The lowest BCUT2D eigenvalue weighted by molar-refractivity contribution is 0.0945. The topological polar surface area (TPSA) is 66.9 Å². The van der Waals surface area contributed by atoms with Crippen LogP contribution in [-0.4, -0.2) is 22.9 Å². The van der Waals surface area contributed by atoms with Crippen LogP contribution < -0.4 is 10.6 Å². The lowest BCUT2D eigenvalue weighted by atomic mass is 10.2. The Morgan fingerprint density at radius 1 is 1.26 bits per heavy atom. The van der Waals surface area contributed by atoms with E-state index in [4.69, 9.17) is 0 Å². The maximum Gasteiger partial charge on any atom is 0.270 e. The van der Waals surface area contributed by atoms with Crippen molar-refractivity contribution < 1.29 is 4.79 Å². The van der Waals surface area contributed by atoms with E-state index in [0.717, 1.165) is 11.3 Å². The number of anilines is 1. The third-order valence-corrected chi connectivity index (χ3v) is 2.77. The van der Waals surface area contributed by atoms with E-state index in [1.54, 1.807) is 31.4 Å². The molecule has 0 unspecified atom stereocenters.